The highest BCUT2D eigenvalue weighted by Gasteiger charge is 2.29. The third-order valence-corrected chi connectivity index (χ3v) is 2.42. The van der Waals surface area contributed by atoms with Gasteiger partial charge < -0.3 is 9.79 Å². The lowest BCUT2D eigenvalue weighted by Crippen LogP contribution is -2.44. The van der Waals surface area contributed by atoms with Crippen molar-refractivity contribution in [2.45, 2.75) is 0 Å². The summed E-state index contributed by atoms with van der Waals surface area (Å²) < 4.78 is 29.6. The molecule has 1 fully saturated rings. The summed E-state index contributed by atoms with van der Waals surface area (Å²) in [5.41, 5.74) is 0. The number of nitrogens with zero attached hydrogens (tertiary/aromatic N) is 2. The molecule has 1 aliphatic rings. The summed E-state index contributed by atoms with van der Waals surface area (Å²) in [4.78, 5) is 25.4. The van der Waals surface area contributed by atoms with E-state index < -0.39 is 16.1 Å². The van der Waals surface area contributed by atoms with Gasteiger partial charge in [-0.25, -0.2) is 4.57 Å². The predicted octanol–water partition coefficient (Wildman–Crippen LogP) is -0.790. The van der Waals surface area contributed by atoms with Crippen LogP contribution in [0.2, 0.25) is 0 Å². The summed E-state index contributed by atoms with van der Waals surface area (Å²) in [6.45, 7) is 0.797. The number of phosphoric acid groups is 1. The lowest BCUT2D eigenvalue weighted by molar-refractivity contribution is -0.162. The zero-order valence-corrected chi connectivity index (χ0v) is 9.38. The van der Waals surface area contributed by atoms with Crippen LogP contribution in [0.25, 0.3) is 0 Å². The van der Waals surface area contributed by atoms with Crippen molar-refractivity contribution in [3.05, 3.63) is 0 Å². The molecule has 1 unspecified atom stereocenters. The number of piperazine rings is 1. The zero-order valence-electron chi connectivity index (χ0n) is 7.59. The lowest BCUT2D eigenvalue weighted by Gasteiger charge is -2.29. The van der Waals surface area contributed by atoms with E-state index in [-0.39, 0.29) is 26.2 Å². The second-order valence-electron chi connectivity index (χ2n) is 2.75. The van der Waals surface area contributed by atoms with Gasteiger partial charge in [0.1, 0.15) is 0 Å². The van der Waals surface area contributed by atoms with Gasteiger partial charge in [0.05, 0.1) is 0 Å². The van der Waals surface area contributed by atoms with Gasteiger partial charge in [0.25, 0.3) is 0 Å². The standard InChI is InChI=1S/C4H10N2O7P2/c7-14(8)12-5-1-3-6(4-2-5)13-15(9,10)11/h1-4H2,(H2-,7,8,9,10,11)/p+1. The van der Waals surface area contributed by atoms with E-state index in [2.05, 4.69) is 9.25 Å². The SMILES string of the molecule is O=[P+](O)ON1CCN(OP(=O)(O)O)CC1. The molecule has 11 heteroatoms. The van der Waals surface area contributed by atoms with Gasteiger partial charge >= 0.3 is 16.1 Å². The molecule has 1 rings (SSSR count). The topological polar surface area (TPSA) is 120 Å². The maximum Gasteiger partial charge on any atom is 0.713 e. The van der Waals surface area contributed by atoms with Crippen LogP contribution in [0.1, 0.15) is 0 Å². The van der Waals surface area contributed by atoms with Crippen molar-refractivity contribution < 1.29 is 33.1 Å². The minimum Gasteiger partial charge on any atom is -0.302 e. The summed E-state index contributed by atoms with van der Waals surface area (Å²) in [6, 6.07) is 0. The Bertz CT molecular complexity index is 272. The van der Waals surface area contributed by atoms with Crippen molar-refractivity contribution in [2.24, 2.45) is 0 Å². The predicted molar refractivity (Wildman–Crippen MR) is 47.2 cm³/mol. The monoisotopic (exact) mass is 261 g/mol. The van der Waals surface area contributed by atoms with E-state index in [0.29, 0.717) is 0 Å². The molecule has 0 amide bonds. The Morgan fingerprint density at radius 2 is 1.60 bits per heavy atom. The Morgan fingerprint density at radius 1 is 1.13 bits per heavy atom. The number of hydrogen-bond donors (Lipinski definition) is 3. The summed E-state index contributed by atoms with van der Waals surface area (Å²) in [5.74, 6) is 0. The summed E-state index contributed by atoms with van der Waals surface area (Å²) in [5, 5.41) is 2.32. The van der Waals surface area contributed by atoms with Crippen molar-refractivity contribution in [1.82, 2.24) is 10.1 Å². The Balaban J connectivity index is 2.30. The van der Waals surface area contributed by atoms with Crippen LogP contribution in [0, 0.1) is 0 Å². The van der Waals surface area contributed by atoms with Crippen LogP contribution in [-0.4, -0.2) is 51.0 Å². The molecule has 15 heavy (non-hydrogen) atoms. The van der Waals surface area contributed by atoms with Crippen molar-refractivity contribution in [2.75, 3.05) is 26.2 Å². The fourth-order valence-corrected chi connectivity index (χ4v) is 1.91. The van der Waals surface area contributed by atoms with Gasteiger partial charge in [0, 0.05) is 30.7 Å². The highest BCUT2D eigenvalue weighted by molar-refractivity contribution is 7.46. The largest absolute Gasteiger partial charge is 0.713 e. The van der Waals surface area contributed by atoms with Crippen LogP contribution < -0.4 is 0 Å². The second kappa shape index (κ2) is 5.40. The van der Waals surface area contributed by atoms with Crippen LogP contribution in [0.4, 0.5) is 0 Å². The highest BCUT2D eigenvalue weighted by atomic mass is 31.2. The van der Waals surface area contributed by atoms with Gasteiger partial charge in [0.2, 0.25) is 0 Å². The maximum atomic E-state index is 10.5. The first-order valence-electron chi connectivity index (χ1n) is 3.96. The van der Waals surface area contributed by atoms with E-state index >= 15 is 0 Å². The van der Waals surface area contributed by atoms with Crippen LogP contribution in [0.5, 0.6) is 0 Å². The van der Waals surface area contributed by atoms with Gasteiger partial charge in [-0.2, -0.15) is 9.69 Å². The van der Waals surface area contributed by atoms with Crippen LogP contribution in [0.15, 0.2) is 0 Å². The van der Waals surface area contributed by atoms with Crippen molar-refractivity contribution in [1.29, 1.82) is 0 Å². The van der Waals surface area contributed by atoms with Crippen molar-refractivity contribution in [3.8, 4) is 0 Å². The van der Waals surface area contributed by atoms with Crippen LogP contribution >= 0.6 is 16.1 Å². The first kappa shape index (κ1) is 13.1. The number of hydroxylamine groups is 4. The lowest BCUT2D eigenvalue weighted by atomic mass is 10.4. The molecule has 0 saturated carbocycles. The van der Waals surface area contributed by atoms with Gasteiger partial charge in [-0.05, 0) is 4.62 Å². The Hall–Kier alpha value is 0.0500. The molecule has 0 radical (unpaired) electrons. The molecule has 9 nitrogen and oxygen atoms in total. The van der Waals surface area contributed by atoms with E-state index in [1.54, 1.807) is 0 Å². The first-order chi connectivity index (χ1) is 6.87. The second-order valence-corrected chi connectivity index (χ2v) is 4.53. The van der Waals surface area contributed by atoms with Crippen LogP contribution in [0.3, 0.4) is 0 Å². The molecule has 88 valence electrons. The van der Waals surface area contributed by atoms with Crippen LogP contribution in [-0.2, 0) is 18.4 Å². The molecule has 0 aromatic carbocycles. The van der Waals surface area contributed by atoms with Gasteiger partial charge in [-0.1, -0.05) is 0 Å². The molecule has 1 aliphatic heterocycles. The molecule has 0 aromatic heterocycles. The molecule has 0 spiro atoms. The fraction of sp³-hybridized carbons (Fsp3) is 1.00. The third-order valence-electron chi connectivity index (χ3n) is 1.60. The van der Waals surface area contributed by atoms with E-state index in [9.17, 15) is 9.13 Å². The summed E-state index contributed by atoms with van der Waals surface area (Å²) >= 11 is 0. The Morgan fingerprint density at radius 3 is 2.00 bits per heavy atom. The van der Waals surface area contributed by atoms with Gasteiger partial charge in [-0.15, -0.1) is 9.96 Å². The third kappa shape index (κ3) is 5.62. The van der Waals surface area contributed by atoms with Crippen molar-refractivity contribution >= 4 is 16.1 Å². The fourth-order valence-electron chi connectivity index (χ4n) is 1.08. The molecular weight excluding hydrogens is 250 g/mol. The smallest absolute Gasteiger partial charge is 0.302 e. The average molecular weight is 261 g/mol. The van der Waals surface area contributed by atoms with E-state index in [1.165, 1.54) is 5.06 Å². The number of rotatable bonds is 4. The molecular formula is C4H11N2O7P2+. The normalized spacial score (nSPS) is 21.7. The van der Waals surface area contributed by atoms with E-state index in [1.807, 2.05) is 0 Å². The maximum absolute atomic E-state index is 10.5. The van der Waals surface area contributed by atoms with E-state index in [0.717, 1.165) is 5.06 Å². The van der Waals surface area contributed by atoms with Crippen molar-refractivity contribution in [3.63, 3.8) is 0 Å². The average Bonchev–Trinajstić information content (AvgIpc) is 2.05. The van der Waals surface area contributed by atoms with Gasteiger partial charge in [0.15, 0.2) is 0 Å². The summed E-state index contributed by atoms with van der Waals surface area (Å²) in [6.07, 6.45) is 0. The quantitative estimate of drug-likeness (QED) is 0.559. The highest BCUT2D eigenvalue weighted by Crippen LogP contribution is 2.37. The molecule has 1 heterocycles. The molecule has 1 atom stereocenters. The Labute approximate surface area is 86.3 Å². The van der Waals surface area contributed by atoms with Gasteiger partial charge in [-0.3, -0.25) is 0 Å². The molecule has 3 N–H and O–H groups in total. The molecule has 0 bridgehead atoms. The summed E-state index contributed by atoms with van der Waals surface area (Å²) in [7, 11) is -7.22. The Kier molecular flexibility index (Phi) is 4.72. The van der Waals surface area contributed by atoms with E-state index in [4.69, 9.17) is 14.7 Å². The molecule has 0 aromatic rings. The minimum absolute atomic E-state index is 0.175. The first-order valence-corrected chi connectivity index (χ1v) is 6.62. The minimum atomic E-state index is -4.52. The molecule has 0 aliphatic carbocycles. The zero-order chi connectivity index (χ0) is 11.5. The number of hydrogen-bond acceptors (Lipinski definition) is 6. The molecule has 1 saturated heterocycles.